The SMILES string of the molecule is Cc1nn2cccnc2c1C(=O)OC1CCC(C(C)(C)C)CC1. The highest BCUT2D eigenvalue weighted by Crippen LogP contribution is 2.38. The summed E-state index contributed by atoms with van der Waals surface area (Å²) in [6.45, 7) is 8.69. The molecule has 2 aromatic heterocycles. The minimum absolute atomic E-state index is 0.0131. The number of ether oxygens (including phenoxy) is 1. The van der Waals surface area contributed by atoms with Crippen LogP contribution < -0.4 is 0 Å². The van der Waals surface area contributed by atoms with Crippen LogP contribution in [0.1, 0.15) is 62.5 Å². The van der Waals surface area contributed by atoms with Crippen molar-refractivity contribution in [3.05, 3.63) is 29.7 Å². The number of carbonyl (C=O) groups is 1. The monoisotopic (exact) mass is 315 g/mol. The summed E-state index contributed by atoms with van der Waals surface area (Å²) in [7, 11) is 0. The van der Waals surface area contributed by atoms with Gasteiger partial charge in [0.2, 0.25) is 0 Å². The van der Waals surface area contributed by atoms with Crippen molar-refractivity contribution in [1.82, 2.24) is 14.6 Å². The van der Waals surface area contributed by atoms with Gasteiger partial charge in [-0.3, -0.25) is 0 Å². The third kappa shape index (κ3) is 3.23. The maximum atomic E-state index is 12.6. The number of aryl methyl sites for hydroxylation is 1. The highest BCUT2D eigenvalue weighted by atomic mass is 16.5. The molecule has 1 fully saturated rings. The molecule has 23 heavy (non-hydrogen) atoms. The minimum atomic E-state index is -0.296. The van der Waals surface area contributed by atoms with E-state index in [1.807, 2.05) is 6.92 Å². The zero-order valence-electron chi connectivity index (χ0n) is 14.4. The molecule has 0 bridgehead atoms. The Kier molecular flexibility index (Phi) is 4.13. The number of hydrogen-bond donors (Lipinski definition) is 0. The fourth-order valence-corrected chi connectivity index (χ4v) is 3.49. The van der Waals surface area contributed by atoms with E-state index in [2.05, 4.69) is 30.9 Å². The Morgan fingerprint density at radius 1 is 1.26 bits per heavy atom. The predicted molar refractivity (Wildman–Crippen MR) is 88.3 cm³/mol. The maximum absolute atomic E-state index is 12.6. The first-order chi connectivity index (χ1) is 10.9. The zero-order valence-corrected chi connectivity index (χ0v) is 14.4. The van der Waals surface area contributed by atoms with Gasteiger partial charge in [0.25, 0.3) is 0 Å². The van der Waals surface area contributed by atoms with E-state index in [0.29, 0.717) is 28.2 Å². The molecule has 2 heterocycles. The molecule has 5 nitrogen and oxygen atoms in total. The van der Waals surface area contributed by atoms with Crippen molar-refractivity contribution >= 4 is 11.6 Å². The Bertz CT molecular complexity index is 707. The van der Waals surface area contributed by atoms with Crippen molar-refractivity contribution in [2.24, 2.45) is 11.3 Å². The lowest BCUT2D eigenvalue weighted by Crippen LogP contribution is -2.30. The third-order valence-electron chi connectivity index (χ3n) is 4.95. The number of nitrogens with zero attached hydrogens (tertiary/aromatic N) is 3. The van der Waals surface area contributed by atoms with Gasteiger partial charge in [0.1, 0.15) is 11.7 Å². The van der Waals surface area contributed by atoms with Crippen molar-refractivity contribution < 1.29 is 9.53 Å². The maximum Gasteiger partial charge on any atom is 0.344 e. The van der Waals surface area contributed by atoms with Crippen molar-refractivity contribution in [2.75, 3.05) is 0 Å². The second kappa shape index (κ2) is 5.95. The molecule has 0 aromatic carbocycles. The Morgan fingerprint density at radius 3 is 2.61 bits per heavy atom. The van der Waals surface area contributed by atoms with Gasteiger partial charge in [-0.15, -0.1) is 0 Å². The van der Waals surface area contributed by atoms with Crippen LogP contribution in [-0.2, 0) is 4.74 Å². The quantitative estimate of drug-likeness (QED) is 0.791. The molecule has 0 N–H and O–H groups in total. The molecule has 0 atom stereocenters. The van der Waals surface area contributed by atoms with E-state index in [9.17, 15) is 4.79 Å². The van der Waals surface area contributed by atoms with Crippen molar-refractivity contribution in [3.8, 4) is 0 Å². The number of aromatic nitrogens is 3. The van der Waals surface area contributed by atoms with Crippen LogP contribution in [0.3, 0.4) is 0 Å². The van der Waals surface area contributed by atoms with E-state index in [4.69, 9.17) is 4.74 Å². The first-order valence-electron chi connectivity index (χ1n) is 8.37. The Labute approximate surface area is 137 Å². The molecule has 0 saturated heterocycles. The third-order valence-corrected chi connectivity index (χ3v) is 4.95. The first-order valence-corrected chi connectivity index (χ1v) is 8.37. The molecule has 0 aliphatic heterocycles. The Hall–Kier alpha value is -1.91. The molecule has 0 amide bonds. The minimum Gasteiger partial charge on any atom is -0.459 e. The average Bonchev–Trinajstić information content (AvgIpc) is 2.82. The number of rotatable bonds is 2. The molecule has 0 unspecified atom stereocenters. The molecule has 0 spiro atoms. The van der Waals surface area contributed by atoms with Gasteiger partial charge in [-0.05, 0) is 50.0 Å². The summed E-state index contributed by atoms with van der Waals surface area (Å²) in [6.07, 6.45) is 7.60. The molecule has 2 aromatic rings. The van der Waals surface area contributed by atoms with Crippen molar-refractivity contribution in [2.45, 2.75) is 59.5 Å². The van der Waals surface area contributed by atoms with Crippen LogP contribution in [0.2, 0.25) is 0 Å². The van der Waals surface area contributed by atoms with E-state index in [-0.39, 0.29) is 12.1 Å². The Morgan fingerprint density at radius 2 is 1.96 bits per heavy atom. The number of hydrogen-bond acceptors (Lipinski definition) is 4. The van der Waals surface area contributed by atoms with E-state index in [0.717, 1.165) is 25.7 Å². The molecule has 1 aliphatic carbocycles. The molecule has 1 saturated carbocycles. The second-order valence-corrected chi connectivity index (χ2v) is 7.59. The fourth-order valence-electron chi connectivity index (χ4n) is 3.49. The highest BCUT2D eigenvalue weighted by Gasteiger charge is 2.32. The van der Waals surface area contributed by atoms with Crippen LogP contribution in [0.15, 0.2) is 18.5 Å². The van der Waals surface area contributed by atoms with Crippen LogP contribution in [-0.4, -0.2) is 26.7 Å². The smallest absolute Gasteiger partial charge is 0.344 e. The van der Waals surface area contributed by atoms with Gasteiger partial charge >= 0.3 is 5.97 Å². The average molecular weight is 315 g/mol. The Balaban J connectivity index is 1.69. The van der Waals surface area contributed by atoms with Gasteiger partial charge in [-0.1, -0.05) is 20.8 Å². The normalized spacial score (nSPS) is 22.3. The van der Waals surface area contributed by atoms with Gasteiger partial charge in [-0.25, -0.2) is 14.3 Å². The van der Waals surface area contributed by atoms with E-state index in [1.165, 1.54) is 0 Å². The number of fused-ring (bicyclic) bond motifs is 1. The molecule has 3 rings (SSSR count). The van der Waals surface area contributed by atoms with Gasteiger partial charge in [-0.2, -0.15) is 5.10 Å². The summed E-state index contributed by atoms with van der Waals surface area (Å²) in [5.74, 6) is 0.410. The van der Waals surface area contributed by atoms with Crippen molar-refractivity contribution in [1.29, 1.82) is 0 Å². The molecule has 0 radical (unpaired) electrons. The molecular formula is C18H25N3O2. The van der Waals surface area contributed by atoms with Crippen LogP contribution in [0.5, 0.6) is 0 Å². The topological polar surface area (TPSA) is 56.5 Å². The fraction of sp³-hybridized carbons (Fsp3) is 0.611. The number of esters is 1. The standard InChI is InChI=1S/C18H25N3O2/c1-12-15(16-19-10-5-11-21(16)20-12)17(22)23-14-8-6-13(7-9-14)18(2,3)4/h5,10-11,13-14H,6-9H2,1-4H3. The summed E-state index contributed by atoms with van der Waals surface area (Å²) in [5.41, 5.74) is 2.05. The number of carbonyl (C=O) groups excluding carboxylic acids is 1. The van der Waals surface area contributed by atoms with Crippen LogP contribution in [0.25, 0.3) is 5.65 Å². The van der Waals surface area contributed by atoms with Gasteiger partial charge in [0, 0.05) is 12.4 Å². The summed E-state index contributed by atoms with van der Waals surface area (Å²) in [4.78, 5) is 16.8. The molecule has 5 heteroatoms. The van der Waals surface area contributed by atoms with Gasteiger partial charge < -0.3 is 4.74 Å². The molecule has 1 aliphatic rings. The predicted octanol–water partition coefficient (Wildman–Crippen LogP) is 3.80. The summed E-state index contributed by atoms with van der Waals surface area (Å²) < 4.78 is 7.38. The van der Waals surface area contributed by atoms with Crippen LogP contribution >= 0.6 is 0 Å². The lowest BCUT2D eigenvalue weighted by Gasteiger charge is -2.36. The summed E-state index contributed by atoms with van der Waals surface area (Å²) >= 11 is 0. The highest BCUT2D eigenvalue weighted by molar-refractivity contribution is 5.97. The molecule has 124 valence electrons. The first kappa shape index (κ1) is 16.0. The van der Waals surface area contributed by atoms with E-state index < -0.39 is 0 Å². The lowest BCUT2D eigenvalue weighted by atomic mass is 9.72. The van der Waals surface area contributed by atoms with E-state index >= 15 is 0 Å². The van der Waals surface area contributed by atoms with Crippen LogP contribution in [0, 0.1) is 18.3 Å². The van der Waals surface area contributed by atoms with Crippen molar-refractivity contribution in [3.63, 3.8) is 0 Å². The summed E-state index contributed by atoms with van der Waals surface area (Å²) in [6, 6.07) is 1.79. The molecular weight excluding hydrogens is 290 g/mol. The zero-order chi connectivity index (χ0) is 16.6. The van der Waals surface area contributed by atoms with E-state index in [1.54, 1.807) is 23.0 Å². The van der Waals surface area contributed by atoms with Crippen LogP contribution in [0.4, 0.5) is 0 Å². The second-order valence-electron chi connectivity index (χ2n) is 7.59. The largest absolute Gasteiger partial charge is 0.459 e. The van der Waals surface area contributed by atoms with Gasteiger partial charge in [0.05, 0.1) is 5.69 Å². The summed E-state index contributed by atoms with van der Waals surface area (Å²) in [5, 5.41) is 4.32. The lowest BCUT2D eigenvalue weighted by molar-refractivity contribution is 0.00940. The van der Waals surface area contributed by atoms with Gasteiger partial charge in [0.15, 0.2) is 5.65 Å².